The van der Waals surface area contributed by atoms with Crippen LogP contribution in [0.1, 0.15) is 5.56 Å². The van der Waals surface area contributed by atoms with E-state index in [4.69, 9.17) is 23.2 Å². The molecule has 3 rings (SSSR count). The van der Waals surface area contributed by atoms with Crippen LogP contribution >= 0.6 is 23.2 Å². The summed E-state index contributed by atoms with van der Waals surface area (Å²) in [6, 6.07) is 7.32. The molecule has 2 aromatic rings. The topological polar surface area (TPSA) is 87.0 Å². The number of hydrogen-bond donors (Lipinski definition) is 2. The van der Waals surface area contributed by atoms with Gasteiger partial charge in [-0.1, -0.05) is 41.9 Å². The van der Waals surface area contributed by atoms with E-state index < -0.39 is 28.9 Å². The van der Waals surface area contributed by atoms with Gasteiger partial charge in [0.15, 0.2) is 0 Å². The molecule has 26 heavy (non-hydrogen) atoms. The average Bonchev–Trinajstić information content (AvgIpc) is 2.90. The molecule has 0 radical (unpaired) electrons. The quantitative estimate of drug-likeness (QED) is 0.781. The van der Waals surface area contributed by atoms with Crippen LogP contribution in [-0.2, 0) is 15.1 Å². The molecule has 8 heteroatoms. The Morgan fingerprint density at radius 1 is 1.12 bits per heavy atom. The number of carbonyl (C=O) groups is 2. The summed E-state index contributed by atoms with van der Waals surface area (Å²) in [5, 5.41) is 19.9. The van der Waals surface area contributed by atoms with Gasteiger partial charge in [-0.25, -0.2) is 14.0 Å². The van der Waals surface area contributed by atoms with Crippen molar-refractivity contribution in [2.75, 3.05) is 0 Å². The van der Waals surface area contributed by atoms with Crippen LogP contribution in [0.2, 0.25) is 10.0 Å². The summed E-state index contributed by atoms with van der Waals surface area (Å²) in [6.45, 7) is 3.49. The summed E-state index contributed by atoms with van der Waals surface area (Å²) in [7, 11) is 0. The van der Waals surface area contributed by atoms with E-state index in [9.17, 15) is 24.2 Å². The third kappa shape index (κ3) is 2.58. The molecule has 0 fully saturated rings. The van der Waals surface area contributed by atoms with Crippen LogP contribution in [0.15, 0.2) is 53.5 Å². The van der Waals surface area contributed by atoms with E-state index in [-0.39, 0.29) is 31.8 Å². The van der Waals surface area contributed by atoms with Crippen LogP contribution in [-0.4, -0.2) is 22.2 Å². The zero-order chi connectivity index (χ0) is 19.2. The first kappa shape index (κ1) is 18.1. The smallest absolute Gasteiger partial charge is 0.341 e. The molecule has 5 nitrogen and oxygen atoms in total. The molecule has 2 aromatic carbocycles. The number of aliphatic carboxylic acids is 2. The van der Waals surface area contributed by atoms with Gasteiger partial charge in [-0.3, -0.25) is 4.99 Å². The van der Waals surface area contributed by atoms with Gasteiger partial charge >= 0.3 is 11.9 Å². The fourth-order valence-electron chi connectivity index (χ4n) is 2.97. The maximum atomic E-state index is 13.3. The minimum Gasteiger partial charge on any atom is -0.479 e. The molecule has 1 unspecified atom stereocenters. The Balaban J connectivity index is 2.52. The Morgan fingerprint density at radius 2 is 1.73 bits per heavy atom. The van der Waals surface area contributed by atoms with E-state index in [1.807, 2.05) is 0 Å². The number of halogens is 3. The highest BCUT2D eigenvalue weighted by Gasteiger charge is 2.49. The fraction of sp³-hybridized carbons (Fsp3) is 0.0556. The van der Waals surface area contributed by atoms with E-state index in [2.05, 4.69) is 11.6 Å². The number of rotatable bonds is 4. The van der Waals surface area contributed by atoms with Crippen LogP contribution in [0.5, 0.6) is 0 Å². The van der Waals surface area contributed by atoms with E-state index in [0.717, 1.165) is 12.1 Å². The zero-order valence-electron chi connectivity index (χ0n) is 13.0. The van der Waals surface area contributed by atoms with Gasteiger partial charge < -0.3 is 10.2 Å². The van der Waals surface area contributed by atoms with Crippen LogP contribution < -0.4 is 10.6 Å². The SMILES string of the molecule is C=C(C(=O)O)C1=c2c(Cl)cc(Cl)cc2=NC1(C(=O)O)c1ccc(F)cc1. The van der Waals surface area contributed by atoms with Crippen LogP contribution in [0.4, 0.5) is 4.39 Å². The molecular weight excluding hydrogens is 384 g/mol. The molecule has 132 valence electrons. The molecule has 1 aliphatic rings. The second-order valence-corrected chi connectivity index (χ2v) is 6.42. The predicted molar refractivity (Wildman–Crippen MR) is 93.1 cm³/mol. The normalized spacial score (nSPS) is 18.2. The van der Waals surface area contributed by atoms with Gasteiger partial charge in [0.1, 0.15) is 5.82 Å². The minimum absolute atomic E-state index is 0.0406. The lowest BCUT2D eigenvalue weighted by Crippen LogP contribution is -2.37. The number of hydrogen-bond acceptors (Lipinski definition) is 3. The van der Waals surface area contributed by atoms with Crippen molar-refractivity contribution < 1.29 is 24.2 Å². The van der Waals surface area contributed by atoms with Crippen molar-refractivity contribution in [3.63, 3.8) is 0 Å². The van der Waals surface area contributed by atoms with Gasteiger partial charge in [-0.2, -0.15) is 0 Å². The highest BCUT2D eigenvalue weighted by molar-refractivity contribution is 6.35. The molecular formula is C18H10Cl2FNO4. The third-order valence-electron chi connectivity index (χ3n) is 4.07. The molecule has 2 N–H and O–H groups in total. The van der Waals surface area contributed by atoms with Gasteiger partial charge in [0.2, 0.25) is 5.54 Å². The second-order valence-electron chi connectivity index (χ2n) is 5.57. The molecule has 1 heterocycles. The Labute approximate surface area is 156 Å². The largest absolute Gasteiger partial charge is 0.479 e. The maximum absolute atomic E-state index is 13.3. The minimum atomic E-state index is -2.14. The molecule has 0 aliphatic carbocycles. The van der Waals surface area contributed by atoms with Crippen molar-refractivity contribution in [3.8, 4) is 0 Å². The van der Waals surface area contributed by atoms with Crippen molar-refractivity contribution in [1.82, 2.24) is 0 Å². The van der Waals surface area contributed by atoms with Crippen molar-refractivity contribution in [3.05, 3.63) is 80.6 Å². The molecule has 0 aromatic heterocycles. The average molecular weight is 394 g/mol. The van der Waals surface area contributed by atoms with Gasteiger partial charge in [0.05, 0.1) is 16.0 Å². The number of benzene rings is 2. The molecule has 1 aliphatic heterocycles. The van der Waals surface area contributed by atoms with Crippen molar-refractivity contribution >= 4 is 40.7 Å². The van der Waals surface area contributed by atoms with Gasteiger partial charge in [0, 0.05) is 15.8 Å². The highest BCUT2D eigenvalue weighted by atomic mass is 35.5. The molecule has 0 saturated heterocycles. The second kappa shape index (κ2) is 6.23. The van der Waals surface area contributed by atoms with E-state index >= 15 is 0 Å². The highest BCUT2D eigenvalue weighted by Crippen LogP contribution is 2.40. The number of carboxylic acid groups (broad SMARTS) is 2. The first-order valence-electron chi connectivity index (χ1n) is 7.20. The lowest BCUT2D eigenvalue weighted by Gasteiger charge is -2.26. The van der Waals surface area contributed by atoms with E-state index in [1.54, 1.807) is 0 Å². The fourth-order valence-corrected chi connectivity index (χ4v) is 3.54. The van der Waals surface area contributed by atoms with Crippen molar-refractivity contribution in [2.24, 2.45) is 4.99 Å². The van der Waals surface area contributed by atoms with Crippen molar-refractivity contribution in [1.29, 1.82) is 0 Å². The molecule has 0 bridgehead atoms. The van der Waals surface area contributed by atoms with Crippen LogP contribution in [0.3, 0.4) is 0 Å². The van der Waals surface area contributed by atoms with E-state index in [1.165, 1.54) is 24.3 Å². The zero-order valence-corrected chi connectivity index (χ0v) is 14.5. The summed E-state index contributed by atoms with van der Waals surface area (Å²) < 4.78 is 13.3. The summed E-state index contributed by atoms with van der Waals surface area (Å²) >= 11 is 12.2. The first-order chi connectivity index (χ1) is 12.2. The number of carboxylic acids is 2. The maximum Gasteiger partial charge on any atom is 0.341 e. The third-order valence-corrected chi connectivity index (χ3v) is 4.58. The molecule has 0 amide bonds. The van der Waals surface area contributed by atoms with Crippen LogP contribution in [0, 0.1) is 5.82 Å². The summed E-state index contributed by atoms with van der Waals surface area (Å²) in [4.78, 5) is 28.1. The lowest BCUT2D eigenvalue weighted by atomic mass is 9.80. The lowest BCUT2D eigenvalue weighted by molar-refractivity contribution is -0.141. The van der Waals surface area contributed by atoms with Gasteiger partial charge in [-0.05, 0) is 29.8 Å². The Kier molecular flexibility index (Phi) is 4.34. The summed E-state index contributed by atoms with van der Waals surface area (Å²) in [5.74, 6) is -3.46. The van der Waals surface area contributed by atoms with Gasteiger partial charge in [0.25, 0.3) is 0 Å². The number of fused-ring (bicyclic) bond motifs is 1. The molecule has 1 atom stereocenters. The monoisotopic (exact) mass is 393 g/mol. The standard InChI is InChI=1S/C18H10Cl2FNO4/c1-8(16(23)24)15-14-12(20)6-10(19)7-13(14)22-18(15,17(25)26)9-2-4-11(21)5-3-9/h2-7H,1H2,(H,23,24)(H,25,26). The number of nitrogens with zero attached hydrogens (tertiary/aromatic N) is 1. The Hall–Kier alpha value is -2.70. The van der Waals surface area contributed by atoms with Gasteiger partial charge in [-0.15, -0.1) is 0 Å². The molecule has 0 spiro atoms. The van der Waals surface area contributed by atoms with E-state index in [0.29, 0.717) is 0 Å². The summed E-state index contributed by atoms with van der Waals surface area (Å²) in [5.41, 5.74) is -2.75. The Bertz CT molecular complexity index is 1100. The molecule has 0 saturated carbocycles. The Morgan fingerprint density at radius 3 is 2.27 bits per heavy atom. The van der Waals surface area contributed by atoms with Crippen molar-refractivity contribution in [2.45, 2.75) is 5.54 Å². The first-order valence-corrected chi connectivity index (χ1v) is 7.96. The predicted octanol–water partition coefficient (Wildman–Crippen LogP) is 2.54. The summed E-state index contributed by atoms with van der Waals surface area (Å²) in [6.07, 6.45) is 0. The van der Waals surface area contributed by atoms with Crippen LogP contribution in [0.25, 0.3) is 5.57 Å².